The summed E-state index contributed by atoms with van der Waals surface area (Å²) >= 11 is 0. The molecule has 0 aromatic heterocycles. The number of rotatable bonds is 6. The first-order chi connectivity index (χ1) is 9.72. The Morgan fingerprint density at radius 3 is 2.45 bits per heavy atom. The van der Waals surface area contributed by atoms with Crippen LogP contribution in [-0.4, -0.2) is 0 Å². The molecule has 0 spiro atoms. The molecule has 0 unspecified atom stereocenters. The van der Waals surface area contributed by atoms with Crippen molar-refractivity contribution in [2.24, 2.45) is 0 Å². The first-order valence-corrected chi connectivity index (χ1v) is 7.45. The third-order valence-electron chi connectivity index (χ3n) is 3.68. The van der Waals surface area contributed by atoms with Crippen LogP contribution in [-0.2, 0) is 6.42 Å². The van der Waals surface area contributed by atoms with E-state index in [0.717, 1.165) is 23.4 Å². The molecule has 0 bridgehead atoms. The van der Waals surface area contributed by atoms with Crippen LogP contribution in [0.2, 0.25) is 0 Å². The lowest BCUT2D eigenvalue weighted by Gasteiger charge is -2.12. The van der Waals surface area contributed by atoms with E-state index in [1.54, 1.807) is 0 Å². The molecule has 20 heavy (non-hydrogen) atoms. The van der Waals surface area contributed by atoms with Crippen molar-refractivity contribution in [3.05, 3.63) is 48.0 Å². The molecule has 0 saturated heterocycles. The van der Waals surface area contributed by atoms with Gasteiger partial charge in [-0.25, -0.2) is 0 Å². The minimum Gasteiger partial charge on any atom is -0.399 e. The van der Waals surface area contributed by atoms with Crippen molar-refractivity contribution in [1.82, 2.24) is 0 Å². The SMILES string of the molecule is CCCCCCc1ccccc1-c1cc(N)ccc1N. The zero-order valence-corrected chi connectivity index (χ0v) is 12.2. The fraction of sp³-hybridized carbons (Fsp3) is 0.333. The van der Waals surface area contributed by atoms with Crippen molar-refractivity contribution in [2.75, 3.05) is 11.5 Å². The number of hydrogen-bond donors (Lipinski definition) is 2. The molecule has 0 saturated carbocycles. The van der Waals surface area contributed by atoms with E-state index in [0.29, 0.717) is 0 Å². The van der Waals surface area contributed by atoms with Crippen molar-refractivity contribution in [3.63, 3.8) is 0 Å². The number of anilines is 2. The maximum Gasteiger partial charge on any atom is 0.0395 e. The molecule has 0 aliphatic carbocycles. The van der Waals surface area contributed by atoms with E-state index in [1.165, 1.54) is 36.8 Å². The Kier molecular flexibility index (Phi) is 5.05. The van der Waals surface area contributed by atoms with Gasteiger partial charge in [0, 0.05) is 16.9 Å². The van der Waals surface area contributed by atoms with Gasteiger partial charge in [-0.05, 0) is 42.2 Å². The highest BCUT2D eigenvalue weighted by molar-refractivity contribution is 5.81. The molecule has 0 fully saturated rings. The van der Waals surface area contributed by atoms with Crippen LogP contribution in [0.3, 0.4) is 0 Å². The van der Waals surface area contributed by atoms with Gasteiger partial charge in [-0.1, -0.05) is 50.5 Å². The van der Waals surface area contributed by atoms with Gasteiger partial charge in [0.1, 0.15) is 0 Å². The monoisotopic (exact) mass is 268 g/mol. The van der Waals surface area contributed by atoms with E-state index in [4.69, 9.17) is 11.5 Å². The summed E-state index contributed by atoms with van der Waals surface area (Å²) in [4.78, 5) is 0. The molecule has 2 nitrogen and oxygen atoms in total. The molecule has 106 valence electrons. The molecule has 4 N–H and O–H groups in total. The molecule has 0 atom stereocenters. The minimum absolute atomic E-state index is 0.759. The average Bonchev–Trinajstić information content (AvgIpc) is 2.47. The van der Waals surface area contributed by atoms with Crippen molar-refractivity contribution >= 4 is 11.4 Å². The second-order valence-electron chi connectivity index (χ2n) is 5.31. The first-order valence-electron chi connectivity index (χ1n) is 7.45. The van der Waals surface area contributed by atoms with Gasteiger partial charge in [-0.3, -0.25) is 0 Å². The van der Waals surface area contributed by atoms with Crippen molar-refractivity contribution in [3.8, 4) is 11.1 Å². The lowest BCUT2D eigenvalue weighted by atomic mass is 9.94. The fourth-order valence-electron chi connectivity index (χ4n) is 2.55. The number of nitrogens with two attached hydrogens (primary N) is 2. The van der Waals surface area contributed by atoms with E-state index in [9.17, 15) is 0 Å². The van der Waals surface area contributed by atoms with E-state index in [-0.39, 0.29) is 0 Å². The molecule has 0 radical (unpaired) electrons. The summed E-state index contributed by atoms with van der Waals surface area (Å²) in [7, 11) is 0. The van der Waals surface area contributed by atoms with E-state index in [1.807, 2.05) is 18.2 Å². The molecule has 2 rings (SSSR count). The predicted octanol–water partition coefficient (Wildman–Crippen LogP) is 4.64. The number of unbranched alkanes of at least 4 members (excludes halogenated alkanes) is 3. The molecular weight excluding hydrogens is 244 g/mol. The Morgan fingerprint density at radius 2 is 1.65 bits per heavy atom. The topological polar surface area (TPSA) is 52.0 Å². The van der Waals surface area contributed by atoms with E-state index < -0.39 is 0 Å². The Labute approximate surface area is 121 Å². The van der Waals surface area contributed by atoms with Gasteiger partial charge < -0.3 is 11.5 Å². The molecule has 2 aromatic carbocycles. The molecule has 2 aromatic rings. The van der Waals surface area contributed by atoms with Gasteiger partial charge in [-0.15, -0.1) is 0 Å². The number of aryl methyl sites for hydroxylation is 1. The molecule has 0 heterocycles. The number of hydrogen-bond acceptors (Lipinski definition) is 2. The smallest absolute Gasteiger partial charge is 0.0395 e. The van der Waals surface area contributed by atoms with Gasteiger partial charge in [0.05, 0.1) is 0 Å². The van der Waals surface area contributed by atoms with Crippen LogP contribution in [0.25, 0.3) is 11.1 Å². The van der Waals surface area contributed by atoms with E-state index in [2.05, 4.69) is 31.2 Å². The normalized spacial score (nSPS) is 10.7. The first kappa shape index (κ1) is 14.4. The number of nitrogen functional groups attached to an aromatic ring is 2. The van der Waals surface area contributed by atoms with Crippen LogP contribution in [0.5, 0.6) is 0 Å². The third kappa shape index (κ3) is 3.53. The van der Waals surface area contributed by atoms with E-state index >= 15 is 0 Å². The second-order valence-corrected chi connectivity index (χ2v) is 5.31. The molecule has 0 amide bonds. The summed E-state index contributed by atoms with van der Waals surface area (Å²) in [6.45, 7) is 2.24. The average molecular weight is 268 g/mol. The zero-order chi connectivity index (χ0) is 14.4. The minimum atomic E-state index is 0.759. The van der Waals surface area contributed by atoms with Crippen molar-refractivity contribution < 1.29 is 0 Å². The van der Waals surface area contributed by atoms with Crippen LogP contribution >= 0.6 is 0 Å². The van der Waals surface area contributed by atoms with Gasteiger partial charge >= 0.3 is 0 Å². The summed E-state index contributed by atoms with van der Waals surface area (Å²) in [5.74, 6) is 0. The highest BCUT2D eigenvalue weighted by Crippen LogP contribution is 2.31. The van der Waals surface area contributed by atoms with Crippen LogP contribution in [0, 0.1) is 0 Å². The van der Waals surface area contributed by atoms with Gasteiger partial charge in [0.25, 0.3) is 0 Å². The van der Waals surface area contributed by atoms with Crippen molar-refractivity contribution in [1.29, 1.82) is 0 Å². The zero-order valence-electron chi connectivity index (χ0n) is 12.2. The highest BCUT2D eigenvalue weighted by Gasteiger charge is 2.08. The maximum absolute atomic E-state index is 6.11. The molecular formula is C18H24N2. The molecule has 2 heteroatoms. The fourth-order valence-corrected chi connectivity index (χ4v) is 2.55. The lowest BCUT2D eigenvalue weighted by Crippen LogP contribution is -1.96. The standard InChI is InChI=1S/C18H24N2/c1-2-3-4-5-8-14-9-6-7-10-16(14)17-13-15(19)11-12-18(17)20/h6-7,9-13H,2-5,8,19-20H2,1H3. The lowest BCUT2D eigenvalue weighted by molar-refractivity contribution is 0.667. The van der Waals surface area contributed by atoms with Gasteiger partial charge in [0.15, 0.2) is 0 Å². The Balaban J connectivity index is 2.25. The van der Waals surface area contributed by atoms with Crippen LogP contribution < -0.4 is 11.5 Å². The molecule has 0 aliphatic heterocycles. The maximum atomic E-state index is 6.11. The summed E-state index contributed by atoms with van der Waals surface area (Å²) in [5, 5.41) is 0. The van der Waals surface area contributed by atoms with Crippen LogP contribution in [0.1, 0.15) is 38.2 Å². The largest absolute Gasteiger partial charge is 0.399 e. The summed E-state index contributed by atoms with van der Waals surface area (Å²) in [6.07, 6.45) is 6.20. The molecule has 0 aliphatic rings. The van der Waals surface area contributed by atoms with Gasteiger partial charge in [0.2, 0.25) is 0 Å². The van der Waals surface area contributed by atoms with Crippen LogP contribution in [0.15, 0.2) is 42.5 Å². The highest BCUT2D eigenvalue weighted by atomic mass is 14.6. The predicted molar refractivity (Wildman–Crippen MR) is 88.5 cm³/mol. The summed E-state index contributed by atoms with van der Waals surface area (Å²) in [6, 6.07) is 14.2. The Morgan fingerprint density at radius 1 is 0.850 bits per heavy atom. The summed E-state index contributed by atoms with van der Waals surface area (Å²) < 4.78 is 0. The van der Waals surface area contributed by atoms with Crippen molar-refractivity contribution in [2.45, 2.75) is 39.0 Å². The Bertz CT molecular complexity index is 561. The summed E-state index contributed by atoms with van der Waals surface area (Å²) in [5.41, 5.74) is 17.2. The number of benzene rings is 2. The Hall–Kier alpha value is -1.96. The second kappa shape index (κ2) is 6.99. The quantitative estimate of drug-likeness (QED) is 0.592. The van der Waals surface area contributed by atoms with Gasteiger partial charge in [-0.2, -0.15) is 0 Å². The third-order valence-corrected chi connectivity index (χ3v) is 3.68. The van der Waals surface area contributed by atoms with Crippen LogP contribution in [0.4, 0.5) is 11.4 Å².